The molecule has 0 aliphatic carbocycles. The molecule has 28 heavy (non-hydrogen) atoms. The van der Waals surface area contributed by atoms with Gasteiger partial charge in [0.1, 0.15) is 11.9 Å². The molecule has 4 rings (SSSR count). The van der Waals surface area contributed by atoms with E-state index in [9.17, 15) is 4.79 Å². The second kappa shape index (κ2) is 8.04. The van der Waals surface area contributed by atoms with E-state index in [4.69, 9.17) is 9.84 Å². The van der Waals surface area contributed by atoms with Crippen LogP contribution in [0.3, 0.4) is 0 Å². The number of Topliss-reactive ketones (excluding diaryl/α,β-unsaturated/α-hetero) is 1. The molecule has 1 fully saturated rings. The maximum absolute atomic E-state index is 12.4. The minimum Gasteiger partial charge on any atom is -0.379 e. The van der Waals surface area contributed by atoms with Crippen LogP contribution in [0.25, 0.3) is 5.65 Å². The lowest BCUT2D eigenvalue weighted by molar-refractivity contribution is -0.124. The van der Waals surface area contributed by atoms with Crippen molar-refractivity contribution in [3.8, 4) is 0 Å². The number of morpholine rings is 1. The fourth-order valence-corrected chi connectivity index (χ4v) is 3.55. The minimum atomic E-state index is -0.471. The minimum absolute atomic E-state index is 0.0287. The van der Waals surface area contributed by atoms with Gasteiger partial charge in [0.2, 0.25) is 0 Å². The first-order chi connectivity index (χ1) is 13.6. The van der Waals surface area contributed by atoms with E-state index in [1.54, 1.807) is 11.4 Å². The summed E-state index contributed by atoms with van der Waals surface area (Å²) in [7, 11) is 2.00. The Morgan fingerprint density at radius 1 is 1.14 bits per heavy atom. The number of aromatic nitrogens is 4. The van der Waals surface area contributed by atoms with E-state index in [0.29, 0.717) is 37.8 Å². The first-order valence-corrected chi connectivity index (χ1v) is 9.43. The number of hydrogen-bond donors (Lipinski definition) is 0. The Hall–Kier alpha value is -2.84. The molecule has 3 heterocycles. The lowest BCUT2D eigenvalue weighted by atomic mass is 10.1. The molecule has 0 amide bonds. The summed E-state index contributed by atoms with van der Waals surface area (Å²) in [6, 6.07) is 13.6. The molecule has 0 radical (unpaired) electrons. The summed E-state index contributed by atoms with van der Waals surface area (Å²) in [6.07, 6.45) is 0. The third-order valence-electron chi connectivity index (χ3n) is 4.97. The van der Waals surface area contributed by atoms with Crippen LogP contribution in [-0.2, 0) is 16.1 Å². The Labute approximate surface area is 163 Å². The number of nitrogens with zero attached hydrogens (tertiary/aromatic N) is 6. The molecular weight excluding hydrogens is 356 g/mol. The fraction of sp³-hybridized carbons (Fsp3) is 0.400. The molecule has 0 bridgehead atoms. The Morgan fingerprint density at radius 3 is 2.61 bits per heavy atom. The molecule has 0 N–H and O–H groups in total. The van der Waals surface area contributed by atoms with Crippen molar-refractivity contribution in [3.05, 3.63) is 53.9 Å². The average molecular weight is 380 g/mol. The van der Waals surface area contributed by atoms with Gasteiger partial charge in [-0.1, -0.05) is 30.3 Å². The van der Waals surface area contributed by atoms with Gasteiger partial charge < -0.3 is 9.64 Å². The van der Waals surface area contributed by atoms with Crippen molar-refractivity contribution in [2.45, 2.75) is 19.5 Å². The summed E-state index contributed by atoms with van der Waals surface area (Å²) in [5.41, 5.74) is 1.83. The molecule has 1 aliphatic rings. The van der Waals surface area contributed by atoms with Gasteiger partial charge in [-0.15, -0.1) is 15.3 Å². The molecule has 1 aromatic carbocycles. The predicted molar refractivity (Wildman–Crippen MR) is 105 cm³/mol. The number of anilines is 1. The van der Waals surface area contributed by atoms with E-state index < -0.39 is 6.04 Å². The van der Waals surface area contributed by atoms with Gasteiger partial charge in [-0.3, -0.25) is 9.69 Å². The number of carbonyl (C=O) groups is 1. The molecule has 0 saturated carbocycles. The number of benzene rings is 1. The number of ketones is 1. The molecule has 8 nitrogen and oxygen atoms in total. The van der Waals surface area contributed by atoms with Crippen molar-refractivity contribution in [1.29, 1.82) is 0 Å². The molecule has 1 unspecified atom stereocenters. The van der Waals surface area contributed by atoms with Crippen LogP contribution >= 0.6 is 0 Å². The zero-order valence-electron chi connectivity index (χ0n) is 16.2. The van der Waals surface area contributed by atoms with Crippen LogP contribution in [0.15, 0.2) is 42.5 Å². The molecule has 146 valence electrons. The highest BCUT2D eigenvalue weighted by atomic mass is 16.5. The predicted octanol–water partition coefficient (Wildman–Crippen LogP) is 1.72. The van der Waals surface area contributed by atoms with Crippen molar-refractivity contribution in [3.63, 3.8) is 0 Å². The topological polar surface area (TPSA) is 75.9 Å². The standard InChI is InChI=1S/C20H24N6O2/c1-15(27)19(25-10-12-28-13-11-25)20-22-21-17-8-9-18(23-26(17)20)24(2)14-16-6-4-3-5-7-16/h3-9,19H,10-14H2,1-2H3. The average Bonchev–Trinajstić information content (AvgIpc) is 3.12. The second-order valence-electron chi connectivity index (χ2n) is 7.02. The first kappa shape index (κ1) is 18.5. The summed E-state index contributed by atoms with van der Waals surface area (Å²) in [4.78, 5) is 16.6. The highest BCUT2D eigenvalue weighted by Gasteiger charge is 2.31. The number of carbonyl (C=O) groups excluding carboxylic acids is 1. The van der Waals surface area contributed by atoms with E-state index >= 15 is 0 Å². The third-order valence-corrected chi connectivity index (χ3v) is 4.97. The van der Waals surface area contributed by atoms with Crippen molar-refractivity contribution in [2.75, 3.05) is 38.3 Å². The van der Waals surface area contributed by atoms with Crippen LogP contribution in [0.5, 0.6) is 0 Å². The Morgan fingerprint density at radius 2 is 1.89 bits per heavy atom. The van der Waals surface area contributed by atoms with Crippen LogP contribution < -0.4 is 4.90 Å². The van der Waals surface area contributed by atoms with Gasteiger partial charge in [-0.2, -0.15) is 4.52 Å². The van der Waals surface area contributed by atoms with Crippen LogP contribution in [0, 0.1) is 0 Å². The van der Waals surface area contributed by atoms with E-state index in [1.807, 2.05) is 37.4 Å². The molecule has 8 heteroatoms. The molecule has 2 aromatic heterocycles. The molecular formula is C20H24N6O2. The van der Waals surface area contributed by atoms with Crippen LogP contribution in [0.4, 0.5) is 5.82 Å². The van der Waals surface area contributed by atoms with E-state index in [-0.39, 0.29) is 5.78 Å². The van der Waals surface area contributed by atoms with Crippen molar-refractivity contribution >= 4 is 17.2 Å². The number of ether oxygens (including phenoxy) is 1. The zero-order chi connectivity index (χ0) is 19.5. The summed E-state index contributed by atoms with van der Waals surface area (Å²) in [5.74, 6) is 1.38. The fourth-order valence-electron chi connectivity index (χ4n) is 3.55. The number of fused-ring (bicyclic) bond motifs is 1. The Kier molecular flexibility index (Phi) is 5.31. The lowest BCUT2D eigenvalue weighted by Gasteiger charge is -2.31. The molecule has 3 aromatic rings. The lowest BCUT2D eigenvalue weighted by Crippen LogP contribution is -2.42. The van der Waals surface area contributed by atoms with E-state index in [1.165, 1.54) is 5.56 Å². The molecule has 1 aliphatic heterocycles. The summed E-state index contributed by atoms with van der Waals surface area (Å²) < 4.78 is 7.12. The molecule has 1 saturated heterocycles. The van der Waals surface area contributed by atoms with Gasteiger partial charge in [0.25, 0.3) is 0 Å². The molecule has 0 spiro atoms. The number of rotatable bonds is 6. The van der Waals surface area contributed by atoms with Gasteiger partial charge >= 0.3 is 0 Å². The van der Waals surface area contributed by atoms with Crippen LogP contribution in [0.2, 0.25) is 0 Å². The highest BCUT2D eigenvalue weighted by molar-refractivity contribution is 5.82. The van der Waals surface area contributed by atoms with Gasteiger partial charge in [0.15, 0.2) is 17.3 Å². The van der Waals surface area contributed by atoms with Gasteiger partial charge in [0, 0.05) is 26.7 Å². The normalized spacial score (nSPS) is 16.2. The highest BCUT2D eigenvalue weighted by Crippen LogP contribution is 2.23. The second-order valence-corrected chi connectivity index (χ2v) is 7.02. The van der Waals surface area contributed by atoms with Crippen LogP contribution in [0.1, 0.15) is 24.4 Å². The van der Waals surface area contributed by atoms with Gasteiger partial charge in [-0.25, -0.2) is 0 Å². The van der Waals surface area contributed by atoms with E-state index in [2.05, 4.69) is 32.1 Å². The van der Waals surface area contributed by atoms with E-state index in [0.717, 1.165) is 12.4 Å². The summed E-state index contributed by atoms with van der Waals surface area (Å²) in [5, 5.41) is 13.3. The quantitative estimate of drug-likeness (QED) is 0.644. The monoisotopic (exact) mass is 380 g/mol. The maximum atomic E-state index is 12.4. The SMILES string of the molecule is CC(=O)C(c1nnc2ccc(N(C)Cc3ccccc3)nn12)N1CCOCC1. The van der Waals surface area contributed by atoms with Gasteiger partial charge in [0.05, 0.1) is 13.2 Å². The zero-order valence-corrected chi connectivity index (χ0v) is 16.2. The summed E-state index contributed by atoms with van der Waals surface area (Å²) >= 11 is 0. The summed E-state index contributed by atoms with van der Waals surface area (Å²) in [6.45, 7) is 4.92. The van der Waals surface area contributed by atoms with Crippen molar-refractivity contribution < 1.29 is 9.53 Å². The van der Waals surface area contributed by atoms with Crippen molar-refractivity contribution in [1.82, 2.24) is 24.7 Å². The first-order valence-electron chi connectivity index (χ1n) is 9.43. The molecule has 1 atom stereocenters. The third kappa shape index (κ3) is 3.74. The van der Waals surface area contributed by atoms with Gasteiger partial charge in [-0.05, 0) is 24.6 Å². The maximum Gasteiger partial charge on any atom is 0.179 e. The van der Waals surface area contributed by atoms with Crippen LogP contribution in [-0.4, -0.2) is 63.8 Å². The number of hydrogen-bond acceptors (Lipinski definition) is 7. The Balaban J connectivity index is 1.66. The van der Waals surface area contributed by atoms with Crippen molar-refractivity contribution in [2.24, 2.45) is 0 Å². The Bertz CT molecular complexity index is 952. The largest absolute Gasteiger partial charge is 0.379 e. The smallest absolute Gasteiger partial charge is 0.179 e.